The summed E-state index contributed by atoms with van der Waals surface area (Å²) in [5.74, 6) is 0. The van der Waals surface area contributed by atoms with Crippen molar-refractivity contribution < 1.29 is 156 Å². The van der Waals surface area contributed by atoms with E-state index in [1.54, 1.807) is 0 Å². The summed E-state index contributed by atoms with van der Waals surface area (Å²) in [5, 5.41) is 0. The van der Waals surface area contributed by atoms with Crippen molar-refractivity contribution in [2.24, 2.45) is 0 Å². The van der Waals surface area contributed by atoms with Crippen LogP contribution in [-0.4, -0.2) is 0 Å². The van der Waals surface area contributed by atoms with E-state index in [1.807, 2.05) is 36.4 Å². The van der Waals surface area contributed by atoms with Gasteiger partial charge in [-0.05, 0) is 0 Å². The maximum Gasteiger partial charge on any atom is 4.00 e. The van der Waals surface area contributed by atoms with E-state index in [9.17, 15) is 0 Å². The molecule has 0 aliphatic carbocycles. The van der Waals surface area contributed by atoms with Crippen molar-refractivity contribution in [3.8, 4) is 0 Å². The molecule has 0 aromatic heterocycles. The first-order chi connectivity index (χ1) is 11.0. The first-order valence-electron chi connectivity index (χ1n) is 4.92. The van der Waals surface area contributed by atoms with E-state index in [0.29, 0.717) is 0 Å². The monoisotopic (exact) mass is 728 g/mol. The molecule has 0 aliphatic heterocycles. The molecule has 1 rings (SSSR count). The zero-order chi connectivity index (χ0) is 22.2. The van der Waals surface area contributed by atoms with Crippen LogP contribution in [0, 0.1) is 0 Å². The fraction of sp³-hybridized carbons (Fsp3) is 0. The molecule has 0 fully saturated rings. The minimum absolute atomic E-state index is 0. The molecule has 0 heterocycles. The summed E-state index contributed by atoms with van der Waals surface area (Å²) in [6.07, 6.45) is 0. The second-order valence-corrected chi connectivity index (χ2v) is 6.52. The molecule has 0 unspecified atom stereocenters. The van der Waals surface area contributed by atoms with Crippen molar-refractivity contribution in [3.63, 3.8) is 0 Å². The minimum atomic E-state index is -5.39. The summed E-state index contributed by atoms with van der Waals surface area (Å²) >= 11 is 0. The van der Waals surface area contributed by atoms with Gasteiger partial charge < -0.3 is 77.0 Å². The molecule has 0 aliphatic rings. The predicted molar refractivity (Wildman–Crippen MR) is 56.9 cm³/mol. The molecule has 0 saturated carbocycles. The summed E-state index contributed by atoms with van der Waals surface area (Å²) in [6, 6.07) is 12.0. The minimum Gasteiger partial charge on any atom is -0.822 e. The molecule has 0 amide bonds. The first kappa shape index (κ1) is 48.7. The van der Waals surface area contributed by atoms with Crippen LogP contribution in [0.5, 0.6) is 0 Å². The molecule has 0 N–H and O–H groups in total. The number of benzene rings is 1. The van der Waals surface area contributed by atoms with Crippen molar-refractivity contribution in [1.29, 1.82) is 0 Å². The third-order valence-corrected chi connectivity index (χ3v) is 0.667. The zero-order valence-corrected chi connectivity index (χ0v) is 24.2. The summed E-state index contributed by atoms with van der Waals surface area (Å²) in [7, 11) is -21.6. The molecular formula is C6H6O16P4Zr3. The van der Waals surface area contributed by atoms with Crippen molar-refractivity contribution in [3.05, 3.63) is 36.4 Å². The van der Waals surface area contributed by atoms with Crippen molar-refractivity contribution >= 4 is 31.3 Å². The Kier molecular flexibility index (Phi) is 41.9. The van der Waals surface area contributed by atoms with Gasteiger partial charge in [0.2, 0.25) is 0 Å². The molecule has 158 valence electrons. The Morgan fingerprint density at radius 3 is 0.379 bits per heavy atom. The van der Waals surface area contributed by atoms with Gasteiger partial charge in [0.25, 0.3) is 0 Å². The van der Waals surface area contributed by atoms with Gasteiger partial charge in [-0.15, -0.1) is 0 Å². The molecule has 0 spiro atoms. The summed E-state index contributed by atoms with van der Waals surface area (Å²) in [6.45, 7) is 0. The fourth-order valence-corrected chi connectivity index (χ4v) is 0.385. The molecule has 1 aromatic carbocycles. The SMILES string of the molecule is O=P([O-])([O-])[O-].O=P([O-])([O-])[O-].O=P([O-])([O-])[O-].O=P([O-])([O-])[O-].[Zr+4].[Zr+4].[Zr+4].c1ccccc1. The van der Waals surface area contributed by atoms with Gasteiger partial charge in [0.15, 0.2) is 0 Å². The molecule has 29 heavy (non-hydrogen) atoms. The summed E-state index contributed by atoms with van der Waals surface area (Å²) in [5.41, 5.74) is 0. The number of phosphoric acid groups is 4. The van der Waals surface area contributed by atoms with Gasteiger partial charge in [-0.2, -0.15) is 31.3 Å². The molecule has 0 radical (unpaired) electrons. The molecule has 0 saturated heterocycles. The van der Waals surface area contributed by atoms with E-state index >= 15 is 0 Å². The van der Waals surface area contributed by atoms with Crippen LogP contribution < -0.4 is 58.7 Å². The predicted octanol–water partition coefficient (Wildman–Crippen LogP) is -9.62. The number of hydrogen-bond acceptors (Lipinski definition) is 16. The van der Waals surface area contributed by atoms with Gasteiger partial charge in [0, 0.05) is 0 Å². The summed E-state index contributed by atoms with van der Waals surface area (Å²) in [4.78, 5) is 103. The normalized spacial score (nSPS) is 9.79. The van der Waals surface area contributed by atoms with Crippen LogP contribution in [-0.2, 0) is 96.9 Å². The van der Waals surface area contributed by atoms with Gasteiger partial charge >= 0.3 is 78.6 Å². The van der Waals surface area contributed by atoms with Gasteiger partial charge in [0.1, 0.15) is 0 Å². The van der Waals surface area contributed by atoms with Crippen molar-refractivity contribution in [2.45, 2.75) is 0 Å². The second kappa shape index (κ2) is 24.9. The van der Waals surface area contributed by atoms with Gasteiger partial charge in [-0.3, -0.25) is 0 Å². The average Bonchev–Trinajstić information content (AvgIpc) is 2.21. The maximum absolute atomic E-state index is 8.55. The van der Waals surface area contributed by atoms with Gasteiger partial charge in [-0.1, -0.05) is 36.4 Å². The molecule has 16 nitrogen and oxygen atoms in total. The fourth-order valence-electron chi connectivity index (χ4n) is 0.385. The van der Waals surface area contributed by atoms with Crippen molar-refractivity contribution in [2.75, 3.05) is 0 Å². The summed E-state index contributed by atoms with van der Waals surface area (Å²) < 4.78 is 34.2. The molecule has 0 atom stereocenters. The van der Waals surface area contributed by atoms with Crippen LogP contribution in [0.1, 0.15) is 0 Å². The Balaban J connectivity index is -0.0000000408. The van der Waals surface area contributed by atoms with E-state index in [2.05, 4.69) is 0 Å². The Labute approximate surface area is 221 Å². The smallest absolute Gasteiger partial charge is 0.822 e. The van der Waals surface area contributed by atoms with Crippen LogP contribution >= 0.6 is 31.3 Å². The average molecular weight is 732 g/mol. The standard InChI is InChI=1S/C6H6.4H3O4P.3Zr/c1-2-4-6-5-3-1;4*1-5(2,3)4;;;/h1-6H;4*(H3,1,2,3,4);;;/q;;;;;3*+4/p-12. The second-order valence-electron chi connectivity index (χ2n) is 2.94. The topological polar surface area (TPSA) is 345 Å². The van der Waals surface area contributed by atoms with Gasteiger partial charge in [0.05, 0.1) is 0 Å². The quantitative estimate of drug-likeness (QED) is 0.224. The Bertz CT molecular complexity index is 481. The van der Waals surface area contributed by atoms with Crippen LogP contribution in [0.4, 0.5) is 0 Å². The van der Waals surface area contributed by atoms with Crippen LogP contribution in [0.2, 0.25) is 0 Å². The Hall–Kier alpha value is 2.31. The Morgan fingerprint density at radius 2 is 0.345 bits per heavy atom. The molecule has 23 heteroatoms. The van der Waals surface area contributed by atoms with Crippen LogP contribution in [0.15, 0.2) is 36.4 Å². The van der Waals surface area contributed by atoms with Crippen molar-refractivity contribution in [1.82, 2.24) is 0 Å². The third kappa shape index (κ3) is 352. The van der Waals surface area contributed by atoms with E-state index < -0.39 is 31.3 Å². The van der Waals surface area contributed by atoms with E-state index in [1.165, 1.54) is 0 Å². The maximum atomic E-state index is 8.55. The van der Waals surface area contributed by atoms with Crippen LogP contribution in [0.25, 0.3) is 0 Å². The number of rotatable bonds is 0. The van der Waals surface area contributed by atoms with E-state index in [-0.39, 0.29) is 78.6 Å². The largest absolute Gasteiger partial charge is 4.00 e. The van der Waals surface area contributed by atoms with Gasteiger partial charge in [-0.25, -0.2) is 0 Å². The molecule has 0 bridgehead atoms. The zero-order valence-electron chi connectivity index (χ0n) is 13.3. The molecular weight excluding hydrogens is 726 g/mol. The third-order valence-electron chi connectivity index (χ3n) is 0.667. The Morgan fingerprint density at radius 1 is 0.310 bits per heavy atom. The van der Waals surface area contributed by atoms with E-state index in [0.717, 1.165) is 0 Å². The molecule has 1 aromatic rings. The van der Waals surface area contributed by atoms with E-state index in [4.69, 9.17) is 77.0 Å². The number of hydrogen-bond donors (Lipinski definition) is 0. The van der Waals surface area contributed by atoms with Crippen LogP contribution in [0.3, 0.4) is 0 Å². The first-order valence-corrected chi connectivity index (χ1v) is 10.8.